The Morgan fingerprint density at radius 1 is 0.967 bits per heavy atom. The number of hydrogen-bond donors (Lipinski definition) is 9. The SMILES string of the molecule is CC1=CC2C(O)CCCC2C(C)(C(=O)C2C(=O)CNC2=O)C1/C=C/C(C)C(O)/C(C)=C/CC(O)/C=C/C(C)C(O)/C=C/CC(O)/C(C)=C/CC(O)CC1CCCN1C(=N)N. The Bertz CT molecular complexity index is 1700. The maximum absolute atomic E-state index is 14.3. The zero-order valence-corrected chi connectivity index (χ0v) is 36.4. The minimum atomic E-state index is -1.37. The second kappa shape index (κ2) is 21.9. The van der Waals surface area contributed by atoms with Crippen LogP contribution in [-0.4, -0.2) is 115 Å². The number of hydrogen-bond acceptors (Lipinski definition) is 10. The van der Waals surface area contributed by atoms with Crippen LogP contribution in [0.25, 0.3) is 0 Å². The average molecular weight is 837 g/mol. The summed E-state index contributed by atoms with van der Waals surface area (Å²) >= 11 is 0. The highest BCUT2D eigenvalue weighted by molar-refractivity contribution is 6.24. The molecular formula is C47H72N4O9. The van der Waals surface area contributed by atoms with Crippen LogP contribution in [0.15, 0.2) is 71.4 Å². The Balaban J connectivity index is 1.28. The van der Waals surface area contributed by atoms with Crippen molar-refractivity contribution in [1.29, 1.82) is 5.41 Å². The van der Waals surface area contributed by atoms with E-state index in [1.165, 1.54) is 0 Å². The Hall–Kier alpha value is -3.72. The van der Waals surface area contributed by atoms with Crippen molar-refractivity contribution in [3.63, 3.8) is 0 Å². The van der Waals surface area contributed by atoms with E-state index >= 15 is 0 Å². The smallest absolute Gasteiger partial charge is 0.238 e. The number of aliphatic hydroxyl groups excluding tert-OH is 6. The molecular weight excluding hydrogens is 765 g/mol. The van der Waals surface area contributed by atoms with Gasteiger partial charge < -0.3 is 46.6 Å². The van der Waals surface area contributed by atoms with Gasteiger partial charge in [0.05, 0.1) is 43.2 Å². The Morgan fingerprint density at radius 3 is 2.33 bits per heavy atom. The molecule has 1 amide bonds. The van der Waals surface area contributed by atoms with E-state index in [9.17, 15) is 45.0 Å². The molecule has 14 atom stereocenters. The van der Waals surface area contributed by atoms with Crippen molar-refractivity contribution < 1.29 is 45.0 Å². The minimum absolute atomic E-state index is 0.0300. The van der Waals surface area contributed by atoms with Gasteiger partial charge in [-0.3, -0.25) is 19.8 Å². The van der Waals surface area contributed by atoms with Crippen LogP contribution in [0.2, 0.25) is 0 Å². The number of fused-ring (bicyclic) bond motifs is 1. The van der Waals surface area contributed by atoms with E-state index in [-0.39, 0.29) is 55.1 Å². The van der Waals surface area contributed by atoms with E-state index in [1.54, 1.807) is 44.2 Å². The third-order valence-electron chi connectivity index (χ3n) is 13.7. The molecule has 2 aliphatic carbocycles. The number of carbonyl (C=O) groups is 3. The fraction of sp³-hybridized carbons (Fsp3) is 0.660. The summed E-state index contributed by atoms with van der Waals surface area (Å²) in [4.78, 5) is 41.5. The number of carbonyl (C=O) groups excluding carboxylic acids is 3. The molecule has 0 aromatic carbocycles. The summed E-state index contributed by atoms with van der Waals surface area (Å²) in [5.41, 5.74) is 6.79. The predicted molar refractivity (Wildman–Crippen MR) is 232 cm³/mol. The van der Waals surface area contributed by atoms with Crippen LogP contribution in [0.5, 0.6) is 0 Å². The molecule has 4 rings (SSSR count). The van der Waals surface area contributed by atoms with Gasteiger partial charge in [-0.05, 0) is 89.2 Å². The van der Waals surface area contributed by atoms with Crippen molar-refractivity contribution >= 4 is 23.4 Å². The van der Waals surface area contributed by atoms with Gasteiger partial charge in [-0.15, -0.1) is 0 Å². The highest BCUT2D eigenvalue weighted by Gasteiger charge is 2.58. The highest BCUT2D eigenvalue weighted by Crippen LogP contribution is 2.55. The number of allylic oxidation sites excluding steroid dienone is 2. The number of likely N-dealkylation sites (tertiary alicyclic amines) is 1. The van der Waals surface area contributed by atoms with E-state index < -0.39 is 71.3 Å². The number of ketones is 2. The number of guanidine groups is 1. The summed E-state index contributed by atoms with van der Waals surface area (Å²) in [6.07, 6.45) is 16.8. The molecule has 14 unspecified atom stereocenters. The fourth-order valence-corrected chi connectivity index (χ4v) is 9.73. The van der Waals surface area contributed by atoms with E-state index in [2.05, 4.69) is 5.32 Å². The van der Waals surface area contributed by atoms with Gasteiger partial charge in [0.25, 0.3) is 0 Å². The largest absolute Gasteiger partial charge is 0.393 e. The third kappa shape index (κ3) is 12.0. The summed E-state index contributed by atoms with van der Waals surface area (Å²) < 4.78 is 0. The van der Waals surface area contributed by atoms with Crippen molar-refractivity contribution in [2.45, 2.75) is 142 Å². The van der Waals surface area contributed by atoms with Gasteiger partial charge in [-0.25, -0.2) is 0 Å². The number of aliphatic hydroxyl groups is 6. The number of nitrogens with one attached hydrogen (secondary N) is 2. The first-order valence-electron chi connectivity index (χ1n) is 21.9. The van der Waals surface area contributed by atoms with Crippen molar-refractivity contribution in [2.24, 2.45) is 46.7 Å². The lowest BCUT2D eigenvalue weighted by atomic mass is 9.51. The predicted octanol–water partition coefficient (Wildman–Crippen LogP) is 3.79. The molecule has 2 saturated heterocycles. The van der Waals surface area contributed by atoms with Gasteiger partial charge in [-0.2, -0.15) is 0 Å². The van der Waals surface area contributed by atoms with E-state index in [1.807, 2.05) is 56.9 Å². The first-order valence-corrected chi connectivity index (χ1v) is 21.9. The molecule has 334 valence electrons. The summed E-state index contributed by atoms with van der Waals surface area (Å²) in [6.45, 7) is 11.6. The monoisotopic (exact) mass is 837 g/mol. The Labute approximate surface area is 356 Å². The lowest BCUT2D eigenvalue weighted by molar-refractivity contribution is -0.148. The van der Waals surface area contributed by atoms with Gasteiger partial charge in [-0.1, -0.05) is 87.4 Å². The van der Waals surface area contributed by atoms with Crippen LogP contribution in [-0.2, 0) is 14.4 Å². The first kappa shape index (κ1) is 48.9. The van der Waals surface area contributed by atoms with E-state index in [0.29, 0.717) is 31.3 Å². The molecule has 3 fully saturated rings. The van der Waals surface area contributed by atoms with Crippen LogP contribution in [0, 0.1) is 46.3 Å². The topological polar surface area (TPSA) is 238 Å². The maximum Gasteiger partial charge on any atom is 0.238 e. The summed E-state index contributed by atoms with van der Waals surface area (Å²) in [5.74, 6) is -4.41. The Morgan fingerprint density at radius 2 is 1.67 bits per heavy atom. The molecule has 2 aliphatic heterocycles. The molecule has 0 aromatic rings. The van der Waals surface area contributed by atoms with Gasteiger partial charge in [0.1, 0.15) is 0 Å². The third-order valence-corrected chi connectivity index (χ3v) is 13.7. The number of nitrogens with two attached hydrogens (primary N) is 1. The van der Waals surface area contributed by atoms with E-state index in [4.69, 9.17) is 11.1 Å². The molecule has 1 saturated carbocycles. The van der Waals surface area contributed by atoms with Gasteiger partial charge >= 0.3 is 0 Å². The normalized spacial score (nSPS) is 31.5. The van der Waals surface area contributed by atoms with Crippen LogP contribution < -0.4 is 11.1 Å². The number of amides is 1. The minimum Gasteiger partial charge on any atom is -0.393 e. The quantitative estimate of drug-likeness (QED) is 0.0393. The lowest BCUT2D eigenvalue weighted by Gasteiger charge is -2.52. The zero-order valence-electron chi connectivity index (χ0n) is 36.4. The lowest BCUT2D eigenvalue weighted by Crippen LogP contribution is -2.55. The highest BCUT2D eigenvalue weighted by atomic mass is 16.3. The number of rotatable bonds is 19. The molecule has 13 nitrogen and oxygen atoms in total. The number of Topliss-reactive ketones (excluding diaryl/α,β-unsaturated/α-hetero) is 2. The second-order valence-electron chi connectivity index (χ2n) is 18.1. The first-order chi connectivity index (χ1) is 28.3. The van der Waals surface area contributed by atoms with Crippen molar-refractivity contribution in [2.75, 3.05) is 13.1 Å². The van der Waals surface area contributed by atoms with Crippen LogP contribution >= 0.6 is 0 Å². The molecule has 2 heterocycles. The molecule has 60 heavy (non-hydrogen) atoms. The zero-order chi connectivity index (χ0) is 44.5. The summed E-state index contributed by atoms with van der Waals surface area (Å²) in [7, 11) is 0. The summed E-state index contributed by atoms with van der Waals surface area (Å²) in [5, 5.41) is 75.0. The molecule has 0 radical (unpaired) electrons. The molecule has 0 aromatic heterocycles. The van der Waals surface area contributed by atoms with Crippen LogP contribution in [0.1, 0.15) is 99.3 Å². The standard InChI is InChI=1S/C47H72N4O9/c1-27(38(54)12-8-13-39(55)28(2)16-21-34(53)25-32-10-9-23-51(32)46(48)49)15-19-33(52)20-17-29(3)43(58)30(4)18-22-36-31(5)24-35-37(11-7-14-40(35)56)47(36,6)44(59)42-41(57)26-50-45(42)60/h8,12,15-19,22,24,27,30,32-40,42-43,52-56,58H,7,9-11,13-14,20-21,23,25-26H2,1-6H3,(H3,48,49)(H,50,60)/b12-8+,19-15+,22-18+,28-16+,29-17+. The average Bonchev–Trinajstić information content (AvgIpc) is 3.82. The molecule has 0 bridgehead atoms. The van der Waals surface area contributed by atoms with Crippen LogP contribution in [0.4, 0.5) is 0 Å². The van der Waals surface area contributed by atoms with Crippen LogP contribution in [0.3, 0.4) is 0 Å². The second-order valence-corrected chi connectivity index (χ2v) is 18.1. The number of nitrogens with zero attached hydrogens (tertiary/aromatic N) is 1. The maximum atomic E-state index is 14.3. The molecule has 4 aliphatic rings. The summed E-state index contributed by atoms with van der Waals surface area (Å²) in [6, 6.07) is 0.0513. The van der Waals surface area contributed by atoms with Crippen molar-refractivity contribution in [3.8, 4) is 0 Å². The van der Waals surface area contributed by atoms with E-state index in [0.717, 1.165) is 37.0 Å². The molecule has 0 spiro atoms. The van der Waals surface area contributed by atoms with Crippen molar-refractivity contribution in [1.82, 2.24) is 10.2 Å². The van der Waals surface area contributed by atoms with Crippen molar-refractivity contribution in [3.05, 3.63) is 71.4 Å². The van der Waals surface area contributed by atoms with Gasteiger partial charge in [0, 0.05) is 41.7 Å². The molecule has 10 N–H and O–H groups in total. The Kier molecular flexibility index (Phi) is 17.8. The fourth-order valence-electron chi connectivity index (χ4n) is 9.73. The molecule has 13 heteroatoms. The van der Waals surface area contributed by atoms with Gasteiger partial charge in [0.2, 0.25) is 5.91 Å². The van der Waals surface area contributed by atoms with Gasteiger partial charge in [0.15, 0.2) is 23.4 Å².